The van der Waals surface area contributed by atoms with Crippen LogP contribution in [0.25, 0.3) is 9.88 Å². The SMILES string of the molecule is CCNCCCc1nnc(-c2scc(C)c2Cl)s1. The van der Waals surface area contributed by atoms with Gasteiger partial charge < -0.3 is 5.32 Å². The molecule has 6 heteroatoms. The molecule has 2 aromatic rings. The fraction of sp³-hybridized carbons (Fsp3) is 0.500. The van der Waals surface area contributed by atoms with Crippen molar-refractivity contribution < 1.29 is 0 Å². The van der Waals surface area contributed by atoms with Gasteiger partial charge in [0.05, 0.1) is 9.90 Å². The molecule has 0 unspecified atom stereocenters. The molecule has 0 atom stereocenters. The Morgan fingerprint density at radius 3 is 2.89 bits per heavy atom. The molecule has 2 aromatic heterocycles. The lowest BCUT2D eigenvalue weighted by atomic mass is 10.3. The molecule has 2 heterocycles. The Balaban J connectivity index is 2.00. The van der Waals surface area contributed by atoms with Gasteiger partial charge >= 0.3 is 0 Å². The summed E-state index contributed by atoms with van der Waals surface area (Å²) in [6.07, 6.45) is 2.08. The first-order valence-corrected chi connectivity index (χ1v) is 8.06. The van der Waals surface area contributed by atoms with Gasteiger partial charge in [-0.2, -0.15) is 0 Å². The van der Waals surface area contributed by atoms with Crippen LogP contribution in [0.2, 0.25) is 5.02 Å². The number of aryl methyl sites for hydroxylation is 2. The topological polar surface area (TPSA) is 37.8 Å². The van der Waals surface area contributed by atoms with Gasteiger partial charge in [0.1, 0.15) is 5.01 Å². The number of hydrogen-bond acceptors (Lipinski definition) is 5. The minimum absolute atomic E-state index is 0.815. The quantitative estimate of drug-likeness (QED) is 0.825. The van der Waals surface area contributed by atoms with Crippen molar-refractivity contribution in [1.29, 1.82) is 0 Å². The maximum Gasteiger partial charge on any atom is 0.159 e. The van der Waals surface area contributed by atoms with Crippen molar-refractivity contribution in [2.75, 3.05) is 13.1 Å². The zero-order chi connectivity index (χ0) is 13.0. The van der Waals surface area contributed by atoms with E-state index in [1.54, 1.807) is 22.7 Å². The van der Waals surface area contributed by atoms with Crippen molar-refractivity contribution in [3.63, 3.8) is 0 Å². The average molecular weight is 302 g/mol. The predicted octanol–water partition coefficient (Wildman–Crippen LogP) is 3.77. The molecule has 98 valence electrons. The Labute approximate surface area is 120 Å². The molecule has 0 radical (unpaired) electrons. The Morgan fingerprint density at radius 1 is 1.39 bits per heavy atom. The van der Waals surface area contributed by atoms with Gasteiger partial charge in [-0.05, 0) is 37.4 Å². The van der Waals surface area contributed by atoms with Gasteiger partial charge in [-0.15, -0.1) is 21.5 Å². The largest absolute Gasteiger partial charge is 0.317 e. The third-order valence-electron chi connectivity index (χ3n) is 2.55. The van der Waals surface area contributed by atoms with E-state index in [4.69, 9.17) is 11.6 Å². The highest BCUT2D eigenvalue weighted by Crippen LogP contribution is 2.37. The van der Waals surface area contributed by atoms with Crippen LogP contribution in [0.1, 0.15) is 23.9 Å². The number of halogens is 1. The summed E-state index contributed by atoms with van der Waals surface area (Å²) in [5, 5.41) is 16.7. The number of aromatic nitrogens is 2. The lowest BCUT2D eigenvalue weighted by molar-refractivity contribution is 0.669. The normalized spacial score (nSPS) is 11.1. The van der Waals surface area contributed by atoms with E-state index in [0.29, 0.717) is 0 Å². The molecule has 0 fully saturated rings. The highest BCUT2D eigenvalue weighted by atomic mass is 35.5. The lowest BCUT2D eigenvalue weighted by Gasteiger charge is -1.97. The number of rotatable bonds is 6. The number of nitrogens with one attached hydrogen (secondary N) is 1. The maximum absolute atomic E-state index is 6.24. The van der Waals surface area contributed by atoms with E-state index in [0.717, 1.165) is 51.4 Å². The summed E-state index contributed by atoms with van der Waals surface area (Å²) in [5.74, 6) is 0. The van der Waals surface area contributed by atoms with Crippen LogP contribution in [0.4, 0.5) is 0 Å². The first kappa shape index (κ1) is 13.9. The van der Waals surface area contributed by atoms with Crippen LogP contribution in [0.15, 0.2) is 5.38 Å². The van der Waals surface area contributed by atoms with Crippen LogP contribution in [0.3, 0.4) is 0 Å². The minimum atomic E-state index is 0.815. The van der Waals surface area contributed by atoms with Crippen molar-refractivity contribution >= 4 is 34.3 Å². The summed E-state index contributed by atoms with van der Waals surface area (Å²) < 4.78 is 0. The second-order valence-electron chi connectivity index (χ2n) is 4.02. The lowest BCUT2D eigenvalue weighted by Crippen LogP contribution is -2.14. The molecule has 18 heavy (non-hydrogen) atoms. The zero-order valence-electron chi connectivity index (χ0n) is 10.5. The molecule has 0 saturated heterocycles. The molecule has 0 aliphatic rings. The van der Waals surface area contributed by atoms with Crippen molar-refractivity contribution in [3.8, 4) is 9.88 Å². The second-order valence-corrected chi connectivity index (χ2v) is 6.34. The molecular formula is C12H16ClN3S2. The fourth-order valence-electron chi connectivity index (χ4n) is 1.56. The standard InChI is InChI=1S/C12H16ClN3S2/c1-3-14-6-4-5-9-15-16-12(18-9)11-10(13)8(2)7-17-11/h7,14H,3-6H2,1-2H3. The summed E-state index contributed by atoms with van der Waals surface area (Å²) in [7, 11) is 0. The van der Waals surface area contributed by atoms with Crippen LogP contribution >= 0.6 is 34.3 Å². The predicted molar refractivity (Wildman–Crippen MR) is 79.8 cm³/mol. The molecule has 0 aliphatic carbocycles. The molecule has 1 N–H and O–H groups in total. The van der Waals surface area contributed by atoms with Gasteiger partial charge in [0, 0.05) is 6.42 Å². The Bertz CT molecular complexity index is 507. The van der Waals surface area contributed by atoms with E-state index in [9.17, 15) is 0 Å². The summed E-state index contributed by atoms with van der Waals surface area (Å²) in [5.41, 5.74) is 1.11. The fourth-order valence-corrected chi connectivity index (χ4v) is 3.88. The van der Waals surface area contributed by atoms with Crippen LogP contribution in [-0.2, 0) is 6.42 Å². The smallest absolute Gasteiger partial charge is 0.159 e. The molecule has 0 aliphatic heterocycles. The second kappa shape index (κ2) is 6.61. The van der Waals surface area contributed by atoms with Crippen molar-refractivity contribution in [3.05, 3.63) is 21.0 Å². The summed E-state index contributed by atoms with van der Waals surface area (Å²) in [4.78, 5) is 1.05. The van der Waals surface area contributed by atoms with Gasteiger partial charge in [-0.25, -0.2) is 0 Å². The molecule has 0 spiro atoms. The van der Waals surface area contributed by atoms with Gasteiger partial charge in [-0.3, -0.25) is 0 Å². The number of hydrogen-bond donors (Lipinski definition) is 1. The highest BCUT2D eigenvalue weighted by Gasteiger charge is 2.13. The Hall–Kier alpha value is -0.490. The third kappa shape index (κ3) is 3.29. The van der Waals surface area contributed by atoms with E-state index >= 15 is 0 Å². The van der Waals surface area contributed by atoms with Crippen LogP contribution in [0, 0.1) is 6.92 Å². The monoisotopic (exact) mass is 301 g/mol. The van der Waals surface area contributed by atoms with Gasteiger partial charge in [0.2, 0.25) is 0 Å². The Kier molecular flexibility index (Phi) is 5.12. The maximum atomic E-state index is 6.24. The van der Waals surface area contributed by atoms with E-state index in [1.165, 1.54) is 0 Å². The molecule has 0 aromatic carbocycles. The minimum Gasteiger partial charge on any atom is -0.317 e. The highest BCUT2D eigenvalue weighted by molar-refractivity contribution is 7.21. The van der Waals surface area contributed by atoms with Crippen LogP contribution < -0.4 is 5.32 Å². The first-order valence-electron chi connectivity index (χ1n) is 5.99. The summed E-state index contributed by atoms with van der Waals surface area (Å²) in [6, 6.07) is 0. The van der Waals surface area contributed by atoms with Gasteiger partial charge in [0.15, 0.2) is 5.01 Å². The van der Waals surface area contributed by atoms with Gasteiger partial charge in [0.25, 0.3) is 0 Å². The molecular weight excluding hydrogens is 286 g/mol. The Morgan fingerprint density at radius 2 is 2.22 bits per heavy atom. The number of nitrogens with zero attached hydrogens (tertiary/aromatic N) is 2. The molecule has 2 rings (SSSR count). The summed E-state index contributed by atoms with van der Waals surface area (Å²) >= 11 is 9.52. The zero-order valence-corrected chi connectivity index (χ0v) is 12.9. The van der Waals surface area contributed by atoms with E-state index in [1.807, 2.05) is 6.92 Å². The molecule has 0 amide bonds. The van der Waals surface area contributed by atoms with E-state index < -0.39 is 0 Å². The average Bonchev–Trinajstić information content (AvgIpc) is 2.94. The van der Waals surface area contributed by atoms with E-state index in [2.05, 4.69) is 27.8 Å². The van der Waals surface area contributed by atoms with E-state index in [-0.39, 0.29) is 0 Å². The van der Waals surface area contributed by atoms with Crippen molar-refractivity contribution in [2.45, 2.75) is 26.7 Å². The number of thiophene rings is 1. The molecule has 0 saturated carbocycles. The molecule has 0 bridgehead atoms. The summed E-state index contributed by atoms with van der Waals surface area (Å²) in [6.45, 7) is 6.18. The van der Waals surface area contributed by atoms with Crippen molar-refractivity contribution in [2.24, 2.45) is 0 Å². The van der Waals surface area contributed by atoms with Crippen LogP contribution in [-0.4, -0.2) is 23.3 Å². The first-order chi connectivity index (χ1) is 8.72. The van der Waals surface area contributed by atoms with Gasteiger partial charge in [-0.1, -0.05) is 29.9 Å². The van der Waals surface area contributed by atoms with Crippen LogP contribution in [0.5, 0.6) is 0 Å². The third-order valence-corrected chi connectivity index (χ3v) is 5.39. The van der Waals surface area contributed by atoms with Crippen molar-refractivity contribution in [1.82, 2.24) is 15.5 Å². The molecule has 3 nitrogen and oxygen atoms in total.